The smallest absolute Gasteiger partial charge is 0.231 e. The van der Waals surface area contributed by atoms with Gasteiger partial charge in [0, 0.05) is 53.7 Å². The molecule has 0 atom stereocenters. The molecule has 0 fully saturated rings. The number of fused-ring (bicyclic) bond motifs is 2. The van der Waals surface area contributed by atoms with E-state index in [4.69, 9.17) is 10.7 Å². The molecule has 0 unspecified atom stereocenters. The molecule has 8 heteroatoms. The maximum atomic E-state index is 6.48. The zero-order valence-electron chi connectivity index (χ0n) is 17.4. The van der Waals surface area contributed by atoms with Crippen LogP contribution in [-0.4, -0.2) is 29.3 Å². The standard InChI is InChI=1S/C22H24N8/c1-12(2)30-10-16(15-9-24-17-8-6-5-7-14(15)17)19-20(23)26-22(27-21(19)30)25-18-11-29(4)28-13(18)3/h5-12,24H,1-4H3,(H3,23,25,26,27). The van der Waals surface area contributed by atoms with Gasteiger partial charge >= 0.3 is 0 Å². The van der Waals surface area contributed by atoms with E-state index in [1.165, 1.54) is 0 Å². The van der Waals surface area contributed by atoms with Gasteiger partial charge in [0.1, 0.15) is 11.5 Å². The van der Waals surface area contributed by atoms with Crippen molar-refractivity contribution in [1.29, 1.82) is 0 Å². The summed E-state index contributed by atoms with van der Waals surface area (Å²) in [6.45, 7) is 6.21. The summed E-state index contributed by atoms with van der Waals surface area (Å²) < 4.78 is 3.90. The second-order valence-corrected chi connectivity index (χ2v) is 7.85. The number of aromatic amines is 1. The van der Waals surface area contributed by atoms with Crippen LogP contribution in [0.15, 0.2) is 42.9 Å². The van der Waals surface area contributed by atoms with E-state index in [1.807, 2.05) is 38.5 Å². The fourth-order valence-electron chi connectivity index (χ4n) is 3.97. The third kappa shape index (κ3) is 2.80. The van der Waals surface area contributed by atoms with E-state index in [0.29, 0.717) is 11.8 Å². The lowest BCUT2D eigenvalue weighted by Crippen LogP contribution is -2.05. The Bertz CT molecular complexity index is 1390. The molecule has 0 saturated heterocycles. The summed E-state index contributed by atoms with van der Waals surface area (Å²) >= 11 is 0. The van der Waals surface area contributed by atoms with E-state index < -0.39 is 0 Å². The van der Waals surface area contributed by atoms with Crippen LogP contribution in [0.3, 0.4) is 0 Å². The van der Waals surface area contributed by atoms with E-state index in [-0.39, 0.29) is 6.04 Å². The van der Waals surface area contributed by atoms with Gasteiger partial charge in [0.25, 0.3) is 0 Å². The zero-order valence-corrected chi connectivity index (χ0v) is 17.4. The van der Waals surface area contributed by atoms with Crippen LogP contribution in [-0.2, 0) is 7.05 Å². The Balaban J connectivity index is 1.71. The number of anilines is 3. The lowest BCUT2D eigenvalue weighted by Gasteiger charge is -2.10. The molecule has 0 amide bonds. The Hall–Kier alpha value is -3.81. The molecule has 5 aromatic rings. The molecule has 0 radical (unpaired) electrons. The number of H-pyrrole nitrogens is 1. The Labute approximate surface area is 173 Å². The molecule has 4 aromatic heterocycles. The summed E-state index contributed by atoms with van der Waals surface area (Å²) in [5.74, 6) is 0.908. The molecule has 0 saturated carbocycles. The minimum Gasteiger partial charge on any atom is -0.383 e. The van der Waals surface area contributed by atoms with E-state index in [9.17, 15) is 0 Å². The summed E-state index contributed by atoms with van der Waals surface area (Å²) in [4.78, 5) is 12.7. The first-order valence-electron chi connectivity index (χ1n) is 9.94. The van der Waals surface area contributed by atoms with Gasteiger partial charge in [0.15, 0.2) is 0 Å². The number of aryl methyl sites for hydroxylation is 2. The first kappa shape index (κ1) is 18.2. The van der Waals surface area contributed by atoms with Crippen molar-refractivity contribution in [2.24, 2.45) is 7.05 Å². The zero-order chi connectivity index (χ0) is 21.0. The number of benzene rings is 1. The Morgan fingerprint density at radius 1 is 1.10 bits per heavy atom. The minimum atomic E-state index is 0.216. The van der Waals surface area contributed by atoms with Crippen LogP contribution >= 0.6 is 0 Å². The van der Waals surface area contributed by atoms with Crippen LogP contribution in [0, 0.1) is 6.92 Å². The number of nitrogens with one attached hydrogen (secondary N) is 2. The number of hydrogen-bond acceptors (Lipinski definition) is 5. The maximum absolute atomic E-state index is 6.48. The van der Waals surface area contributed by atoms with Crippen LogP contribution in [0.1, 0.15) is 25.6 Å². The average Bonchev–Trinajstić information content (AvgIpc) is 3.37. The van der Waals surface area contributed by atoms with E-state index in [0.717, 1.165) is 44.4 Å². The second kappa shape index (κ2) is 6.62. The van der Waals surface area contributed by atoms with Gasteiger partial charge in [0.2, 0.25) is 5.95 Å². The lowest BCUT2D eigenvalue weighted by atomic mass is 10.1. The highest BCUT2D eigenvalue weighted by Gasteiger charge is 2.20. The van der Waals surface area contributed by atoms with Crippen molar-refractivity contribution in [3.63, 3.8) is 0 Å². The van der Waals surface area contributed by atoms with Crippen molar-refractivity contribution >= 4 is 39.4 Å². The topological polar surface area (TPSA) is 102 Å². The van der Waals surface area contributed by atoms with Gasteiger partial charge in [-0.15, -0.1) is 0 Å². The van der Waals surface area contributed by atoms with Crippen molar-refractivity contribution in [2.75, 3.05) is 11.1 Å². The summed E-state index contributed by atoms with van der Waals surface area (Å²) in [5.41, 5.74) is 12.2. The summed E-state index contributed by atoms with van der Waals surface area (Å²) in [7, 11) is 1.88. The summed E-state index contributed by atoms with van der Waals surface area (Å²) in [6, 6.07) is 8.46. The van der Waals surface area contributed by atoms with E-state index >= 15 is 0 Å². The fourth-order valence-corrected chi connectivity index (χ4v) is 3.97. The van der Waals surface area contributed by atoms with Crippen molar-refractivity contribution in [2.45, 2.75) is 26.8 Å². The highest BCUT2D eigenvalue weighted by Crippen LogP contribution is 2.38. The molecule has 4 heterocycles. The molecule has 5 rings (SSSR count). The average molecular weight is 400 g/mol. The number of nitrogens with zero attached hydrogens (tertiary/aromatic N) is 5. The van der Waals surface area contributed by atoms with Gasteiger partial charge in [-0.3, -0.25) is 4.68 Å². The summed E-state index contributed by atoms with van der Waals surface area (Å²) in [5, 5.41) is 9.63. The second-order valence-electron chi connectivity index (χ2n) is 7.85. The number of nitrogens with two attached hydrogens (primary N) is 1. The molecule has 8 nitrogen and oxygen atoms in total. The molecule has 0 aliphatic heterocycles. The molecule has 30 heavy (non-hydrogen) atoms. The number of rotatable bonds is 4. The molecule has 0 aliphatic carbocycles. The lowest BCUT2D eigenvalue weighted by molar-refractivity contribution is 0.618. The van der Waals surface area contributed by atoms with Gasteiger partial charge in [0.05, 0.1) is 16.8 Å². The normalized spacial score (nSPS) is 11.8. The number of nitrogen functional groups attached to an aromatic ring is 1. The molecule has 152 valence electrons. The molecular formula is C22H24N8. The van der Waals surface area contributed by atoms with Crippen LogP contribution in [0.5, 0.6) is 0 Å². The third-order valence-electron chi connectivity index (χ3n) is 5.40. The molecule has 0 bridgehead atoms. The van der Waals surface area contributed by atoms with Gasteiger partial charge in [-0.2, -0.15) is 15.1 Å². The first-order chi connectivity index (χ1) is 14.4. The van der Waals surface area contributed by atoms with Crippen molar-refractivity contribution in [3.8, 4) is 11.1 Å². The van der Waals surface area contributed by atoms with Crippen molar-refractivity contribution < 1.29 is 0 Å². The predicted octanol–water partition coefficient (Wildman–Crippen LogP) is 4.53. The number of aromatic nitrogens is 6. The maximum Gasteiger partial charge on any atom is 0.231 e. The SMILES string of the molecule is Cc1nn(C)cc1Nc1nc(N)c2c(-c3c[nH]c4ccccc34)cn(C(C)C)c2n1. The molecular weight excluding hydrogens is 376 g/mol. The first-order valence-corrected chi connectivity index (χ1v) is 9.94. The monoisotopic (exact) mass is 400 g/mol. The fraction of sp³-hybridized carbons (Fsp3) is 0.227. The Morgan fingerprint density at radius 2 is 1.90 bits per heavy atom. The van der Waals surface area contributed by atoms with Crippen LogP contribution in [0.25, 0.3) is 33.1 Å². The largest absolute Gasteiger partial charge is 0.383 e. The van der Waals surface area contributed by atoms with Crippen molar-refractivity contribution in [3.05, 3.63) is 48.5 Å². The number of hydrogen-bond donors (Lipinski definition) is 3. The Morgan fingerprint density at radius 3 is 2.63 bits per heavy atom. The van der Waals surface area contributed by atoms with Crippen LogP contribution < -0.4 is 11.1 Å². The van der Waals surface area contributed by atoms with E-state index in [2.05, 4.69) is 57.1 Å². The summed E-state index contributed by atoms with van der Waals surface area (Å²) in [6.07, 6.45) is 6.04. The third-order valence-corrected chi connectivity index (χ3v) is 5.40. The molecule has 4 N–H and O–H groups in total. The molecule has 0 aliphatic rings. The predicted molar refractivity (Wildman–Crippen MR) is 121 cm³/mol. The molecule has 0 spiro atoms. The highest BCUT2D eigenvalue weighted by atomic mass is 15.3. The quantitative estimate of drug-likeness (QED) is 0.411. The Kier molecular flexibility index (Phi) is 4.02. The van der Waals surface area contributed by atoms with Gasteiger partial charge < -0.3 is 20.6 Å². The van der Waals surface area contributed by atoms with Gasteiger partial charge in [-0.05, 0) is 26.8 Å². The van der Waals surface area contributed by atoms with Crippen LogP contribution in [0.2, 0.25) is 0 Å². The minimum absolute atomic E-state index is 0.216. The van der Waals surface area contributed by atoms with Gasteiger partial charge in [-0.1, -0.05) is 18.2 Å². The highest BCUT2D eigenvalue weighted by molar-refractivity contribution is 6.07. The van der Waals surface area contributed by atoms with Gasteiger partial charge in [-0.25, -0.2) is 0 Å². The van der Waals surface area contributed by atoms with Crippen molar-refractivity contribution in [1.82, 2.24) is 29.3 Å². The number of para-hydroxylation sites is 1. The molecule has 1 aromatic carbocycles. The van der Waals surface area contributed by atoms with Crippen LogP contribution in [0.4, 0.5) is 17.5 Å². The van der Waals surface area contributed by atoms with E-state index in [1.54, 1.807) is 4.68 Å².